The molecule has 24 heavy (non-hydrogen) atoms. The molecule has 1 rings (SSSR count). The Morgan fingerprint density at radius 2 is 1.79 bits per heavy atom. The molecule has 6 nitrogen and oxygen atoms in total. The minimum Gasteiger partial charge on any atom is -0.452 e. The van der Waals surface area contributed by atoms with E-state index in [1.54, 1.807) is 0 Å². The highest BCUT2D eigenvalue weighted by Crippen LogP contribution is 2.31. The number of halogens is 3. The van der Waals surface area contributed by atoms with E-state index in [1.165, 1.54) is 19.1 Å². The maximum atomic E-state index is 12.0. The van der Waals surface area contributed by atoms with Gasteiger partial charge in [-0.05, 0) is 25.5 Å². The van der Waals surface area contributed by atoms with Gasteiger partial charge in [-0.25, -0.2) is 4.79 Å². The third-order valence-corrected chi connectivity index (χ3v) is 4.02. The molecular weight excluding hydrogens is 379 g/mol. The van der Waals surface area contributed by atoms with Crippen LogP contribution >= 0.6 is 34.8 Å². The number of amides is 2. The number of esters is 1. The number of carbonyl (C=O) groups is 3. The predicted octanol–water partition coefficient (Wildman–Crippen LogP) is 2.83. The molecular formula is C15H17Cl3N2O4. The topological polar surface area (TPSA) is 84.5 Å². The summed E-state index contributed by atoms with van der Waals surface area (Å²) in [5, 5.41) is 5.20. The molecule has 0 spiro atoms. The zero-order valence-electron chi connectivity index (χ0n) is 13.1. The zero-order chi connectivity index (χ0) is 18.3. The largest absolute Gasteiger partial charge is 0.452 e. The predicted molar refractivity (Wildman–Crippen MR) is 92.7 cm³/mol. The first-order chi connectivity index (χ1) is 11.3. The Morgan fingerprint density at radius 1 is 1.17 bits per heavy atom. The van der Waals surface area contributed by atoms with Crippen molar-refractivity contribution in [3.05, 3.63) is 32.8 Å². The van der Waals surface area contributed by atoms with Crippen molar-refractivity contribution in [2.45, 2.75) is 26.3 Å². The fourth-order valence-corrected chi connectivity index (χ4v) is 2.35. The molecule has 1 atom stereocenters. The molecule has 132 valence electrons. The highest BCUT2D eigenvalue weighted by atomic mass is 35.5. The standard InChI is InChI=1S/C15H17Cl3N2O4/c1-3-6-19-14(22)8(2)20-11(21)7-24-15(23)12-9(16)4-5-10(17)13(12)18/h4-5,8H,3,6-7H2,1-2H3,(H,19,22)(H,20,21)/t8-/m0/s1. The molecule has 1 aromatic rings. The first-order valence-electron chi connectivity index (χ1n) is 7.15. The van der Waals surface area contributed by atoms with Crippen molar-refractivity contribution in [3.63, 3.8) is 0 Å². The van der Waals surface area contributed by atoms with Crippen LogP contribution in [-0.4, -0.2) is 37.0 Å². The van der Waals surface area contributed by atoms with Gasteiger partial charge in [0.05, 0.1) is 20.6 Å². The summed E-state index contributed by atoms with van der Waals surface area (Å²) in [6.45, 7) is 3.37. The van der Waals surface area contributed by atoms with E-state index in [4.69, 9.17) is 39.5 Å². The highest BCUT2D eigenvalue weighted by Gasteiger charge is 2.21. The van der Waals surface area contributed by atoms with Gasteiger partial charge in [0, 0.05) is 6.54 Å². The van der Waals surface area contributed by atoms with Gasteiger partial charge in [0.2, 0.25) is 5.91 Å². The molecule has 0 saturated heterocycles. The molecule has 9 heteroatoms. The van der Waals surface area contributed by atoms with Gasteiger partial charge in [-0.3, -0.25) is 9.59 Å². The van der Waals surface area contributed by atoms with Gasteiger partial charge >= 0.3 is 5.97 Å². The number of nitrogens with one attached hydrogen (secondary N) is 2. The van der Waals surface area contributed by atoms with Crippen molar-refractivity contribution in [3.8, 4) is 0 Å². The average molecular weight is 396 g/mol. The lowest BCUT2D eigenvalue weighted by atomic mass is 10.2. The maximum Gasteiger partial charge on any atom is 0.341 e. The van der Waals surface area contributed by atoms with E-state index in [9.17, 15) is 14.4 Å². The van der Waals surface area contributed by atoms with Crippen molar-refractivity contribution in [2.24, 2.45) is 0 Å². The van der Waals surface area contributed by atoms with Gasteiger partial charge in [-0.1, -0.05) is 41.7 Å². The molecule has 0 aliphatic rings. The zero-order valence-corrected chi connectivity index (χ0v) is 15.4. The summed E-state index contributed by atoms with van der Waals surface area (Å²) in [6, 6.07) is 2.08. The van der Waals surface area contributed by atoms with Gasteiger partial charge in [-0.15, -0.1) is 0 Å². The van der Waals surface area contributed by atoms with Crippen molar-refractivity contribution < 1.29 is 19.1 Å². The Bertz CT molecular complexity index is 637. The first-order valence-corrected chi connectivity index (χ1v) is 8.29. The van der Waals surface area contributed by atoms with Crippen molar-refractivity contribution in [2.75, 3.05) is 13.2 Å². The summed E-state index contributed by atoms with van der Waals surface area (Å²) < 4.78 is 4.86. The molecule has 2 amide bonds. The van der Waals surface area contributed by atoms with Crippen LogP contribution in [0.3, 0.4) is 0 Å². The lowest BCUT2D eigenvalue weighted by molar-refractivity contribution is -0.130. The van der Waals surface area contributed by atoms with E-state index in [2.05, 4.69) is 10.6 Å². The van der Waals surface area contributed by atoms with E-state index in [0.717, 1.165) is 6.42 Å². The third-order valence-electron chi connectivity index (χ3n) is 2.90. The second-order valence-corrected chi connectivity index (χ2v) is 6.07. The molecule has 0 unspecified atom stereocenters. The Morgan fingerprint density at radius 3 is 2.42 bits per heavy atom. The van der Waals surface area contributed by atoms with Crippen LogP contribution in [0, 0.1) is 0 Å². The summed E-state index contributed by atoms with van der Waals surface area (Å²) in [6.07, 6.45) is 0.783. The number of ether oxygens (including phenoxy) is 1. The van der Waals surface area contributed by atoms with Gasteiger partial charge in [-0.2, -0.15) is 0 Å². The van der Waals surface area contributed by atoms with Crippen LogP contribution < -0.4 is 10.6 Å². The smallest absolute Gasteiger partial charge is 0.341 e. The molecule has 0 aliphatic carbocycles. The number of hydrogen-bond donors (Lipinski definition) is 2. The summed E-state index contributed by atoms with van der Waals surface area (Å²) in [7, 11) is 0. The van der Waals surface area contributed by atoms with Crippen molar-refractivity contribution in [1.29, 1.82) is 0 Å². The quantitative estimate of drug-likeness (QED) is 0.549. The van der Waals surface area contributed by atoms with Crippen LogP contribution in [0.2, 0.25) is 15.1 Å². The lowest BCUT2D eigenvalue weighted by Crippen LogP contribution is -2.46. The summed E-state index contributed by atoms with van der Waals surface area (Å²) in [5.41, 5.74) is -0.118. The third kappa shape index (κ3) is 5.85. The van der Waals surface area contributed by atoms with E-state index in [-0.39, 0.29) is 26.5 Å². The monoisotopic (exact) mass is 394 g/mol. The fourth-order valence-electron chi connectivity index (χ4n) is 1.67. The van der Waals surface area contributed by atoms with Crippen molar-refractivity contribution in [1.82, 2.24) is 10.6 Å². The molecule has 0 heterocycles. The van der Waals surface area contributed by atoms with E-state index < -0.39 is 24.5 Å². The first kappa shape index (κ1) is 20.5. The van der Waals surface area contributed by atoms with Crippen LogP contribution in [-0.2, 0) is 14.3 Å². The number of hydrogen-bond acceptors (Lipinski definition) is 4. The van der Waals surface area contributed by atoms with E-state index >= 15 is 0 Å². The number of rotatable bonds is 7. The Hall–Kier alpha value is -1.50. The van der Waals surface area contributed by atoms with Crippen LogP contribution in [0.4, 0.5) is 0 Å². The number of benzene rings is 1. The van der Waals surface area contributed by atoms with Gasteiger partial charge < -0.3 is 15.4 Å². The van der Waals surface area contributed by atoms with Crippen molar-refractivity contribution >= 4 is 52.6 Å². The molecule has 0 bridgehead atoms. The molecule has 0 saturated carbocycles. The fraction of sp³-hybridized carbons (Fsp3) is 0.400. The highest BCUT2D eigenvalue weighted by molar-refractivity contribution is 6.46. The van der Waals surface area contributed by atoms with Crippen LogP contribution in [0.5, 0.6) is 0 Å². The summed E-state index contributed by atoms with van der Waals surface area (Å²) in [4.78, 5) is 35.4. The Kier molecular flexibility index (Phi) is 8.31. The summed E-state index contributed by atoms with van der Waals surface area (Å²) >= 11 is 17.6. The van der Waals surface area contributed by atoms with Crippen LogP contribution in [0.25, 0.3) is 0 Å². The minimum atomic E-state index is -0.884. The normalized spacial score (nSPS) is 11.5. The SMILES string of the molecule is CCCNC(=O)[C@H](C)NC(=O)COC(=O)c1c(Cl)ccc(Cl)c1Cl. The van der Waals surface area contributed by atoms with Crippen LogP contribution in [0.15, 0.2) is 12.1 Å². The van der Waals surface area contributed by atoms with E-state index in [0.29, 0.717) is 6.54 Å². The minimum absolute atomic E-state index is 0.0538. The Balaban J connectivity index is 2.57. The Labute approximate surface area is 154 Å². The van der Waals surface area contributed by atoms with E-state index in [1.807, 2.05) is 6.92 Å². The molecule has 2 N–H and O–H groups in total. The van der Waals surface area contributed by atoms with Gasteiger partial charge in [0.25, 0.3) is 5.91 Å². The second-order valence-electron chi connectivity index (χ2n) is 4.87. The van der Waals surface area contributed by atoms with Gasteiger partial charge in [0.15, 0.2) is 6.61 Å². The average Bonchev–Trinajstić information content (AvgIpc) is 2.54. The summed E-state index contributed by atoms with van der Waals surface area (Å²) in [5.74, 6) is -1.83. The number of carbonyl (C=O) groups excluding carboxylic acids is 3. The molecule has 0 aromatic heterocycles. The molecule has 0 radical (unpaired) electrons. The second kappa shape index (κ2) is 9.71. The van der Waals surface area contributed by atoms with Crippen LogP contribution in [0.1, 0.15) is 30.6 Å². The lowest BCUT2D eigenvalue weighted by Gasteiger charge is -2.14. The molecule has 1 aromatic carbocycles. The van der Waals surface area contributed by atoms with Gasteiger partial charge in [0.1, 0.15) is 6.04 Å². The maximum absolute atomic E-state index is 12.0. The molecule has 0 fully saturated rings. The molecule has 0 aliphatic heterocycles.